The molecular weight excluding hydrogens is 598 g/mol. The first-order valence-electron chi connectivity index (χ1n) is 20.4. The predicted octanol–water partition coefficient (Wildman–Crippen LogP) is 15.0. The van der Waals surface area contributed by atoms with Gasteiger partial charge in [-0.3, -0.25) is 0 Å². The third kappa shape index (κ3) is 26.8. The van der Waals surface area contributed by atoms with Crippen molar-refractivity contribution in [2.24, 2.45) is 0 Å². The van der Waals surface area contributed by atoms with Gasteiger partial charge in [0.1, 0.15) is 6.54 Å². The maximum absolute atomic E-state index is 3.57. The molecule has 0 aliphatic heterocycles. The van der Waals surface area contributed by atoms with Crippen molar-refractivity contribution in [2.75, 3.05) is 5.33 Å². The van der Waals surface area contributed by atoms with E-state index in [4.69, 9.17) is 0 Å². The quantitative estimate of drug-likeness (QED) is 0.0382. The Morgan fingerprint density at radius 1 is 0.432 bits per heavy atom. The lowest BCUT2D eigenvalue weighted by molar-refractivity contribution is -0.697. The second-order valence-corrected chi connectivity index (χ2v) is 15.0. The summed E-state index contributed by atoms with van der Waals surface area (Å²) in [5.74, 6) is 0.766. The molecule has 0 aliphatic rings. The number of rotatable bonds is 35. The summed E-state index contributed by atoms with van der Waals surface area (Å²) in [4.78, 5) is 0. The zero-order valence-electron chi connectivity index (χ0n) is 30.3. The third-order valence-corrected chi connectivity index (χ3v) is 10.6. The van der Waals surface area contributed by atoms with Gasteiger partial charge in [-0.1, -0.05) is 210 Å². The molecule has 0 N–H and O–H groups in total. The van der Waals surface area contributed by atoms with E-state index in [2.05, 4.69) is 58.9 Å². The van der Waals surface area contributed by atoms with Crippen LogP contribution in [0, 0.1) is 0 Å². The lowest BCUT2D eigenvalue weighted by Crippen LogP contribution is -2.32. The van der Waals surface area contributed by atoms with Gasteiger partial charge in [-0.2, -0.15) is 0 Å². The molecule has 2 heteroatoms. The molecule has 0 spiro atoms. The molecule has 0 aliphatic carbocycles. The second kappa shape index (κ2) is 34.0. The minimum absolute atomic E-state index is 0.766. The molecule has 0 atom stereocenters. The number of pyridine rings is 1. The zero-order chi connectivity index (χ0) is 31.6. The molecule has 0 saturated heterocycles. The van der Waals surface area contributed by atoms with Gasteiger partial charge >= 0.3 is 0 Å². The van der Waals surface area contributed by atoms with E-state index in [1.165, 1.54) is 205 Å². The van der Waals surface area contributed by atoms with Gasteiger partial charge in [0.15, 0.2) is 12.4 Å². The first kappa shape index (κ1) is 41.7. The Labute approximate surface area is 286 Å². The highest BCUT2D eigenvalue weighted by molar-refractivity contribution is 9.09. The molecule has 0 aromatic carbocycles. The highest BCUT2D eigenvalue weighted by Crippen LogP contribution is 2.28. The van der Waals surface area contributed by atoms with Crippen LogP contribution in [0.3, 0.4) is 0 Å². The van der Waals surface area contributed by atoms with Gasteiger partial charge in [-0.25, -0.2) is 4.57 Å². The average molecular weight is 678 g/mol. The van der Waals surface area contributed by atoms with Crippen LogP contribution < -0.4 is 4.57 Å². The molecule has 1 aromatic rings. The van der Waals surface area contributed by atoms with Crippen molar-refractivity contribution < 1.29 is 4.57 Å². The molecule has 0 amide bonds. The topological polar surface area (TPSA) is 3.88 Å². The third-order valence-electron chi connectivity index (χ3n) is 10.0. The largest absolute Gasteiger partial charge is 0.205 e. The Kier molecular flexibility index (Phi) is 32.2. The normalized spacial score (nSPS) is 11.6. The van der Waals surface area contributed by atoms with Crippen molar-refractivity contribution in [3.63, 3.8) is 0 Å². The molecule has 1 heterocycles. The van der Waals surface area contributed by atoms with Crippen molar-refractivity contribution in [1.29, 1.82) is 0 Å². The Balaban J connectivity index is 2.20. The Hall–Kier alpha value is -0.370. The van der Waals surface area contributed by atoms with E-state index in [9.17, 15) is 0 Å². The minimum atomic E-state index is 0.766. The van der Waals surface area contributed by atoms with Crippen LogP contribution in [0.1, 0.15) is 231 Å². The molecule has 0 saturated carbocycles. The van der Waals surface area contributed by atoms with Gasteiger partial charge in [0.2, 0.25) is 0 Å². The van der Waals surface area contributed by atoms with Gasteiger partial charge in [0.05, 0.1) is 0 Å². The van der Waals surface area contributed by atoms with Crippen molar-refractivity contribution in [3.8, 4) is 0 Å². The molecule has 1 nitrogen and oxygen atoms in total. The maximum Gasteiger partial charge on any atom is 0.169 e. The summed E-state index contributed by atoms with van der Waals surface area (Å²) < 4.78 is 2.39. The summed E-state index contributed by atoms with van der Waals surface area (Å²) >= 11 is 3.57. The van der Waals surface area contributed by atoms with Crippen molar-refractivity contribution in [1.82, 2.24) is 0 Å². The van der Waals surface area contributed by atoms with Gasteiger partial charge in [-0.05, 0) is 30.7 Å². The molecule has 0 bridgehead atoms. The second-order valence-electron chi connectivity index (χ2n) is 14.2. The van der Waals surface area contributed by atoms with Crippen LogP contribution in [0.4, 0.5) is 0 Å². The number of aryl methyl sites for hydroxylation is 1. The van der Waals surface area contributed by atoms with E-state index in [0.717, 1.165) is 17.8 Å². The average Bonchev–Trinajstić information content (AvgIpc) is 3.04. The number of unbranched alkanes of at least 4 members (excludes halogenated alkanes) is 27. The summed E-state index contributed by atoms with van der Waals surface area (Å²) in [7, 11) is 0. The van der Waals surface area contributed by atoms with E-state index in [0.29, 0.717) is 0 Å². The molecule has 0 radical (unpaired) electrons. The van der Waals surface area contributed by atoms with Gasteiger partial charge in [0.25, 0.3) is 0 Å². The fraction of sp³-hybridized carbons (Fsp3) is 0.881. The van der Waals surface area contributed by atoms with E-state index < -0.39 is 0 Å². The highest BCUT2D eigenvalue weighted by atomic mass is 79.9. The minimum Gasteiger partial charge on any atom is -0.205 e. The lowest BCUT2D eigenvalue weighted by atomic mass is 9.88. The molecule has 0 fully saturated rings. The summed E-state index contributed by atoms with van der Waals surface area (Å²) in [6, 6.07) is 4.90. The Morgan fingerprint density at radius 3 is 1.07 bits per heavy atom. The van der Waals surface area contributed by atoms with E-state index in [-0.39, 0.29) is 0 Å². The monoisotopic (exact) mass is 677 g/mol. The number of aromatic nitrogens is 1. The fourth-order valence-corrected chi connectivity index (χ4v) is 7.32. The van der Waals surface area contributed by atoms with Crippen LogP contribution in [-0.2, 0) is 6.54 Å². The lowest BCUT2D eigenvalue weighted by Gasteiger charge is -2.17. The van der Waals surface area contributed by atoms with Crippen LogP contribution >= 0.6 is 15.9 Å². The van der Waals surface area contributed by atoms with Crippen molar-refractivity contribution in [3.05, 3.63) is 30.1 Å². The summed E-state index contributed by atoms with van der Waals surface area (Å²) in [5, 5.41) is 1.12. The Morgan fingerprint density at radius 2 is 0.750 bits per heavy atom. The van der Waals surface area contributed by atoms with Crippen molar-refractivity contribution >= 4 is 15.9 Å². The summed E-state index contributed by atoms with van der Waals surface area (Å²) in [6.07, 6.45) is 50.6. The molecule has 0 unspecified atom stereocenters. The number of halogens is 1. The van der Waals surface area contributed by atoms with Crippen LogP contribution in [0.15, 0.2) is 24.5 Å². The maximum atomic E-state index is 3.57. The van der Waals surface area contributed by atoms with Crippen molar-refractivity contribution in [2.45, 2.75) is 232 Å². The number of nitrogens with zero attached hydrogens (tertiary/aromatic N) is 1. The molecule has 1 rings (SSSR count). The first-order valence-corrected chi connectivity index (χ1v) is 21.5. The number of alkyl halides is 1. The standard InChI is InChI=1S/C42H79BrN/c1-3-5-7-9-11-13-15-17-19-21-23-25-27-29-33-41(42-35-39-44(40-36-42)38-32-31-37-43)34-30-28-26-24-22-20-18-16-14-12-10-8-6-4-2/h35-36,39-41H,3-34,37-38H2,1-2H3/q+1. The van der Waals surface area contributed by atoms with Gasteiger partial charge in [0, 0.05) is 23.9 Å². The Bertz CT molecular complexity index is 639. The van der Waals surface area contributed by atoms with Gasteiger partial charge in [-0.15, -0.1) is 0 Å². The summed E-state index contributed by atoms with van der Waals surface area (Å²) in [6.45, 7) is 5.77. The molecule has 258 valence electrons. The molecular formula is C42H79BrN+. The van der Waals surface area contributed by atoms with Crippen LogP contribution in [0.5, 0.6) is 0 Å². The number of hydrogen-bond donors (Lipinski definition) is 0. The van der Waals surface area contributed by atoms with Gasteiger partial charge < -0.3 is 0 Å². The molecule has 1 aromatic heterocycles. The molecule has 44 heavy (non-hydrogen) atoms. The zero-order valence-corrected chi connectivity index (χ0v) is 31.8. The van der Waals surface area contributed by atoms with Crippen LogP contribution in [0.2, 0.25) is 0 Å². The first-order chi connectivity index (χ1) is 21.8. The smallest absolute Gasteiger partial charge is 0.169 e. The van der Waals surface area contributed by atoms with E-state index in [1.54, 1.807) is 5.56 Å². The number of hydrogen-bond acceptors (Lipinski definition) is 0. The van der Waals surface area contributed by atoms with Crippen LogP contribution in [0.25, 0.3) is 0 Å². The van der Waals surface area contributed by atoms with E-state index in [1.807, 2.05) is 0 Å². The van der Waals surface area contributed by atoms with E-state index >= 15 is 0 Å². The highest BCUT2D eigenvalue weighted by Gasteiger charge is 2.13. The predicted molar refractivity (Wildman–Crippen MR) is 202 cm³/mol. The fourth-order valence-electron chi connectivity index (χ4n) is 6.93. The van der Waals surface area contributed by atoms with Crippen LogP contribution in [-0.4, -0.2) is 5.33 Å². The SMILES string of the molecule is CCCCCCCCCCCCCCCCC(CCCCCCCCCCCCCCCC)c1cc[n+](CCCCBr)cc1. The summed E-state index contributed by atoms with van der Waals surface area (Å²) in [5.41, 5.74) is 1.60.